The average molecular weight is 409 g/mol. The molecule has 1 amide bonds. The molecule has 0 radical (unpaired) electrons. The van der Waals surface area contributed by atoms with Crippen LogP contribution in [0.4, 0.5) is 5.82 Å². The number of carbonyl (C=O) groups is 1. The molecule has 1 aliphatic rings. The zero-order valence-electron chi connectivity index (χ0n) is 14.9. The van der Waals surface area contributed by atoms with Gasteiger partial charge in [-0.1, -0.05) is 11.6 Å². The van der Waals surface area contributed by atoms with Gasteiger partial charge in [0.2, 0.25) is 10.0 Å². The summed E-state index contributed by atoms with van der Waals surface area (Å²) in [5, 5.41) is 2.98. The zero-order chi connectivity index (χ0) is 19.4. The van der Waals surface area contributed by atoms with Gasteiger partial charge in [-0.25, -0.2) is 18.1 Å². The molecule has 2 N–H and O–H groups in total. The molecule has 1 aliphatic heterocycles. The molecule has 2 heterocycles. The van der Waals surface area contributed by atoms with E-state index in [1.54, 1.807) is 6.20 Å². The second kappa shape index (κ2) is 8.24. The van der Waals surface area contributed by atoms with E-state index in [1.807, 2.05) is 12.1 Å². The highest BCUT2D eigenvalue weighted by Gasteiger charge is 2.18. The third-order valence-corrected chi connectivity index (χ3v) is 6.20. The molecule has 144 valence electrons. The molecule has 27 heavy (non-hydrogen) atoms. The molecular weight excluding hydrogens is 388 g/mol. The molecule has 0 saturated carbocycles. The summed E-state index contributed by atoms with van der Waals surface area (Å²) in [5.41, 5.74) is 1.03. The summed E-state index contributed by atoms with van der Waals surface area (Å²) in [7, 11) is -2.35. The predicted octanol–water partition coefficient (Wildman–Crippen LogP) is 2.17. The Morgan fingerprint density at radius 3 is 2.67 bits per heavy atom. The van der Waals surface area contributed by atoms with Gasteiger partial charge in [-0.3, -0.25) is 4.79 Å². The van der Waals surface area contributed by atoms with Gasteiger partial charge in [0.15, 0.2) is 0 Å². The van der Waals surface area contributed by atoms with Crippen LogP contribution in [0.3, 0.4) is 0 Å². The smallest absolute Gasteiger partial charge is 0.253 e. The molecule has 0 atom stereocenters. The van der Waals surface area contributed by atoms with Crippen molar-refractivity contribution in [1.82, 2.24) is 15.0 Å². The van der Waals surface area contributed by atoms with Crippen LogP contribution in [0.5, 0.6) is 0 Å². The van der Waals surface area contributed by atoms with Crippen LogP contribution in [-0.4, -0.2) is 39.4 Å². The van der Waals surface area contributed by atoms with E-state index in [-0.39, 0.29) is 15.5 Å². The minimum absolute atomic E-state index is 0.0141. The third kappa shape index (κ3) is 4.58. The second-order valence-electron chi connectivity index (χ2n) is 6.25. The molecule has 1 aromatic heterocycles. The van der Waals surface area contributed by atoms with Gasteiger partial charge in [-0.05, 0) is 55.8 Å². The van der Waals surface area contributed by atoms with Gasteiger partial charge in [-0.15, -0.1) is 0 Å². The first kappa shape index (κ1) is 19.6. The van der Waals surface area contributed by atoms with Gasteiger partial charge in [0.1, 0.15) is 5.82 Å². The lowest BCUT2D eigenvalue weighted by atomic mass is 10.2. The number of carbonyl (C=O) groups excluding carboxylic acids is 1. The Hall–Kier alpha value is -2.16. The van der Waals surface area contributed by atoms with E-state index < -0.39 is 15.9 Å². The lowest BCUT2D eigenvalue weighted by molar-refractivity contribution is 0.0951. The monoisotopic (exact) mass is 408 g/mol. The van der Waals surface area contributed by atoms with E-state index >= 15 is 0 Å². The Labute approximate surface area is 163 Å². The van der Waals surface area contributed by atoms with E-state index in [2.05, 4.69) is 19.9 Å². The fourth-order valence-corrected chi connectivity index (χ4v) is 3.89. The van der Waals surface area contributed by atoms with Crippen LogP contribution in [0.1, 0.15) is 28.8 Å². The normalized spacial score (nSPS) is 14.4. The van der Waals surface area contributed by atoms with Crippen LogP contribution in [-0.2, 0) is 16.6 Å². The molecule has 3 rings (SSSR count). The van der Waals surface area contributed by atoms with E-state index in [4.69, 9.17) is 11.6 Å². The van der Waals surface area contributed by atoms with Crippen molar-refractivity contribution < 1.29 is 13.2 Å². The van der Waals surface area contributed by atoms with Crippen molar-refractivity contribution in [2.45, 2.75) is 24.3 Å². The number of halogens is 1. The molecule has 0 bridgehead atoms. The summed E-state index contributed by atoms with van der Waals surface area (Å²) in [6.45, 7) is 2.28. The number of benzene rings is 1. The van der Waals surface area contributed by atoms with Crippen molar-refractivity contribution >= 4 is 33.3 Å². The Bertz CT molecular complexity index is 943. The van der Waals surface area contributed by atoms with Crippen molar-refractivity contribution in [1.29, 1.82) is 0 Å². The van der Waals surface area contributed by atoms with Crippen LogP contribution < -0.4 is 14.9 Å². The van der Waals surface area contributed by atoms with Gasteiger partial charge in [-0.2, -0.15) is 0 Å². The van der Waals surface area contributed by atoms with Crippen LogP contribution >= 0.6 is 11.6 Å². The number of nitrogens with zero attached hydrogens (tertiary/aromatic N) is 2. The van der Waals surface area contributed by atoms with Crippen LogP contribution in [0.25, 0.3) is 0 Å². The molecule has 1 aromatic carbocycles. The van der Waals surface area contributed by atoms with E-state index in [0.29, 0.717) is 6.54 Å². The maximum Gasteiger partial charge on any atom is 0.253 e. The van der Waals surface area contributed by atoms with Crippen molar-refractivity contribution in [2.75, 3.05) is 25.0 Å². The van der Waals surface area contributed by atoms with Crippen LogP contribution in [0.2, 0.25) is 5.02 Å². The minimum Gasteiger partial charge on any atom is -0.357 e. The van der Waals surface area contributed by atoms with Crippen molar-refractivity contribution in [3.63, 3.8) is 0 Å². The Morgan fingerprint density at radius 1 is 1.22 bits per heavy atom. The predicted molar refractivity (Wildman–Crippen MR) is 105 cm³/mol. The molecular formula is C18H21ClN4O3S. The highest BCUT2D eigenvalue weighted by atomic mass is 35.5. The van der Waals surface area contributed by atoms with Crippen molar-refractivity contribution in [2.24, 2.45) is 0 Å². The molecule has 1 saturated heterocycles. The Balaban J connectivity index is 1.73. The van der Waals surface area contributed by atoms with E-state index in [0.717, 1.165) is 37.3 Å². The van der Waals surface area contributed by atoms with Crippen molar-refractivity contribution in [3.8, 4) is 0 Å². The summed E-state index contributed by atoms with van der Waals surface area (Å²) in [6.07, 6.45) is 4.04. The molecule has 9 heteroatoms. The second-order valence-corrected chi connectivity index (χ2v) is 8.54. The first-order chi connectivity index (χ1) is 12.9. The maximum absolute atomic E-state index is 12.5. The van der Waals surface area contributed by atoms with Crippen LogP contribution in [0.15, 0.2) is 41.4 Å². The summed E-state index contributed by atoms with van der Waals surface area (Å²) in [4.78, 5) is 19.1. The standard InChI is InChI=1S/C18H21ClN4O3S/c1-20-27(25,26)14-4-5-16(19)15(11-14)18(24)22-12-13-6-7-21-17(10-13)23-8-2-3-9-23/h4-7,10-11,20H,2-3,8-9,12H2,1H3,(H,22,24). The number of pyridine rings is 1. The number of hydrogen-bond donors (Lipinski definition) is 2. The summed E-state index contributed by atoms with van der Waals surface area (Å²) < 4.78 is 26.1. The van der Waals surface area contributed by atoms with E-state index in [1.165, 1.54) is 25.2 Å². The number of hydrogen-bond acceptors (Lipinski definition) is 5. The Kier molecular flexibility index (Phi) is 5.98. The molecule has 0 unspecified atom stereocenters. The minimum atomic E-state index is -3.66. The topological polar surface area (TPSA) is 91.4 Å². The largest absolute Gasteiger partial charge is 0.357 e. The molecule has 0 aliphatic carbocycles. The zero-order valence-corrected chi connectivity index (χ0v) is 16.5. The number of amides is 1. The maximum atomic E-state index is 12.5. The van der Waals surface area contributed by atoms with Crippen LogP contribution in [0, 0.1) is 0 Å². The molecule has 0 spiro atoms. The van der Waals surface area contributed by atoms with Gasteiger partial charge >= 0.3 is 0 Å². The highest BCUT2D eigenvalue weighted by Crippen LogP contribution is 2.21. The summed E-state index contributed by atoms with van der Waals surface area (Å²) in [5.74, 6) is 0.465. The third-order valence-electron chi connectivity index (χ3n) is 4.45. The number of anilines is 1. The summed E-state index contributed by atoms with van der Waals surface area (Å²) in [6, 6.07) is 7.82. The first-order valence-corrected chi connectivity index (χ1v) is 10.5. The average Bonchev–Trinajstić information content (AvgIpc) is 3.21. The SMILES string of the molecule is CNS(=O)(=O)c1ccc(Cl)c(C(=O)NCc2ccnc(N3CCCC3)c2)c1. The first-order valence-electron chi connectivity index (χ1n) is 8.62. The lowest BCUT2D eigenvalue weighted by Crippen LogP contribution is -2.25. The number of sulfonamides is 1. The quantitative estimate of drug-likeness (QED) is 0.764. The fraction of sp³-hybridized carbons (Fsp3) is 0.333. The molecule has 1 fully saturated rings. The fourth-order valence-electron chi connectivity index (χ4n) is 2.93. The highest BCUT2D eigenvalue weighted by molar-refractivity contribution is 7.89. The van der Waals surface area contributed by atoms with E-state index in [9.17, 15) is 13.2 Å². The lowest BCUT2D eigenvalue weighted by Gasteiger charge is -2.17. The van der Waals surface area contributed by atoms with Crippen molar-refractivity contribution in [3.05, 3.63) is 52.7 Å². The van der Waals surface area contributed by atoms with Gasteiger partial charge in [0.05, 0.1) is 15.5 Å². The van der Waals surface area contributed by atoms with Gasteiger partial charge in [0.25, 0.3) is 5.91 Å². The summed E-state index contributed by atoms with van der Waals surface area (Å²) >= 11 is 6.08. The number of rotatable bonds is 6. The number of nitrogens with one attached hydrogen (secondary N) is 2. The molecule has 2 aromatic rings. The van der Waals surface area contributed by atoms with Gasteiger partial charge < -0.3 is 10.2 Å². The molecule has 7 nitrogen and oxygen atoms in total. The Morgan fingerprint density at radius 2 is 1.96 bits per heavy atom. The van der Waals surface area contributed by atoms with Gasteiger partial charge in [0, 0.05) is 25.8 Å². The number of aromatic nitrogens is 1.